The second-order valence-corrected chi connectivity index (χ2v) is 3.02. The third-order valence-electron chi connectivity index (χ3n) is 1.86. The highest BCUT2D eigenvalue weighted by Gasteiger charge is 2.36. The molecule has 0 aromatic rings. The monoisotopic (exact) mass is 256 g/mol. The molecular weight excluding hydrogens is 241 g/mol. The number of carbonyl (C=O) groups excluding carboxylic acids is 1. The molecule has 17 heavy (non-hydrogen) atoms. The number of rotatable bonds is 6. The summed E-state index contributed by atoms with van der Waals surface area (Å²) in [5, 5.41) is 0. The zero-order chi connectivity index (χ0) is 13.5. The van der Waals surface area contributed by atoms with Crippen LogP contribution in [0.15, 0.2) is 11.6 Å². The molecule has 4 nitrogen and oxygen atoms in total. The Kier molecular flexibility index (Phi) is 6.82. The maximum Gasteiger partial charge on any atom is 0.413 e. The van der Waals surface area contributed by atoms with E-state index in [9.17, 15) is 18.0 Å². The first-order valence-electron chi connectivity index (χ1n) is 4.85. The number of hydrogen-bond acceptors (Lipinski definition) is 4. The molecule has 0 radical (unpaired) electrons. The van der Waals surface area contributed by atoms with Gasteiger partial charge in [-0.05, 0) is 6.92 Å². The van der Waals surface area contributed by atoms with E-state index in [4.69, 9.17) is 9.47 Å². The minimum Gasteiger partial charge on any atom is -0.466 e. The SMILES string of the molecule is CCOC(C/C(=C\C(=O)OC)C(F)(F)F)OC. The first-order chi connectivity index (χ1) is 7.85. The van der Waals surface area contributed by atoms with Crippen LogP contribution in [0.1, 0.15) is 13.3 Å². The van der Waals surface area contributed by atoms with Crippen molar-refractivity contribution in [1.82, 2.24) is 0 Å². The number of ether oxygens (including phenoxy) is 3. The van der Waals surface area contributed by atoms with Crippen LogP contribution >= 0.6 is 0 Å². The van der Waals surface area contributed by atoms with Gasteiger partial charge in [0.2, 0.25) is 0 Å². The van der Waals surface area contributed by atoms with Crippen molar-refractivity contribution in [2.24, 2.45) is 0 Å². The molecule has 0 saturated heterocycles. The highest BCUT2D eigenvalue weighted by atomic mass is 19.4. The van der Waals surface area contributed by atoms with Gasteiger partial charge >= 0.3 is 12.1 Å². The first kappa shape index (κ1) is 15.9. The maximum atomic E-state index is 12.6. The fraction of sp³-hybridized carbons (Fsp3) is 0.700. The number of hydrogen-bond donors (Lipinski definition) is 0. The van der Waals surface area contributed by atoms with E-state index in [0.717, 1.165) is 7.11 Å². The highest BCUT2D eigenvalue weighted by molar-refractivity contribution is 5.82. The zero-order valence-electron chi connectivity index (χ0n) is 9.84. The summed E-state index contributed by atoms with van der Waals surface area (Å²) in [5.74, 6) is -1.07. The van der Waals surface area contributed by atoms with E-state index in [1.807, 2.05) is 0 Å². The van der Waals surface area contributed by atoms with Crippen LogP contribution in [0.4, 0.5) is 13.2 Å². The highest BCUT2D eigenvalue weighted by Crippen LogP contribution is 2.29. The van der Waals surface area contributed by atoms with Crippen molar-refractivity contribution in [3.05, 3.63) is 11.6 Å². The summed E-state index contributed by atoms with van der Waals surface area (Å²) in [4.78, 5) is 10.8. The van der Waals surface area contributed by atoms with Crippen LogP contribution in [0.25, 0.3) is 0 Å². The predicted molar refractivity (Wildman–Crippen MR) is 53.2 cm³/mol. The fourth-order valence-electron chi connectivity index (χ4n) is 1.03. The Balaban J connectivity index is 4.82. The van der Waals surface area contributed by atoms with Gasteiger partial charge in [0.25, 0.3) is 0 Å². The van der Waals surface area contributed by atoms with Crippen molar-refractivity contribution in [2.75, 3.05) is 20.8 Å². The summed E-state index contributed by atoms with van der Waals surface area (Å²) in [7, 11) is 2.23. The summed E-state index contributed by atoms with van der Waals surface area (Å²) in [6.07, 6.45) is -5.84. The van der Waals surface area contributed by atoms with Gasteiger partial charge in [0.15, 0.2) is 6.29 Å². The molecule has 0 aromatic carbocycles. The topological polar surface area (TPSA) is 44.8 Å². The predicted octanol–water partition coefficient (Wildman–Crippen LogP) is 2.05. The number of carbonyl (C=O) groups is 1. The van der Waals surface area contributed by atoms with Gasteiger partial charge in [-0.2, -0.15) is 13.2 Å². The van der Waals surface area contributed by atoms with Crippen LogP contribution in [0.3, 0.4) is 0 Å². The van der Waals surface area contributed by atoms with Crippen LogP contribution in [-0.4, -0.2) is 39.3 Å². The molecule has 0 aromatic heterocycles. The van der Waals surface area contributed by atoms with E-state index in [-0.39, 0.29) is 6.61 Å². The Morgan fingerprint density at radius 3 is 2.29 bits per heavy atom. The molecule has 0 rings (SSSR count). The van der Waals surface area contributed by atoms with E-state index in [0.29, 0.717) is 6.08 Å². The molecule has 0 aliphatic heterocycles. The Bertz CT molecular complexity index is 273. The molecule has 1 atom stereocenters. The van der Waals surface area contributed by atoms with Gasteiger partial charge in [0.05, 0.1) is 7.11 Å². The summed E-state index contributed by atoms with van der Waals surface area (Å²) in [5.41, 5.74) is -1.05. The van der Waals surface area contributed by atoms with Crippen molar-refractivity contribution in [2.45, 2.75) is 25.8 Å². The lowest BCUT2D eigenvalue weighted by atomic mass is 10.1. The quantitative estimate of drug-likeness (QED) is 0.414. The number of alkyl halides is 3. The summed E-state index contributed by atoms with van der Waals surface area (Å²) in [6, 6.07) is 0. The second-order valence-electron chi connectivity index (χ2n) is 3.02. The van der Waals surface area contributed by atoms with Crippen molar-refractivity contribution >= 4 is 5.97 Å². The Labute approximate surface area is 97.3 Å². The molecule has 1 unspecified atom stereocenters. The number of methoxy groups -OCH3 is 2. The zero-order valence-corrected chi connectivity index (χ0v) is 9.84. The molecular formula is C10H15F3O4. The van der Waals surface area contributed by atoms with Gasteiger partial charge in [-0.25, -0.2) is 4.79 Å². The Morgan fingerprint density at radius 1 is 1.35 bits per heavy atom. The van der Waals surface area contributed by atoms with E-state index in [1.54, 1.807) is 6.92 Å². The lowest BCUT2D eigenvalue weighted by molar-refractivity contribution is -0.142. The minimum absolute atomic E-state index is 0.210. The van der Waals surface area contributed by atoms with Gasteiger partial charge in [0, 0.05) is 31.8 Å². The summed E-state index contributed by atoms with van der Waals surface area (Å²) in [6.45, 7) is 1.84. The van der Waals surface area contributed by atoms with Crippen molar-refractivity contribution in [3.8, 4) is 0 Å². The normalized spacial score (nSPS) is 14.6. The van der Waals surface area contributed by atoms with Crippen molar-refractivity contribution in [3.63, 3.8) is 0 Å². The molecule has 0 heterocycles. The van der Waals surface area contributed by atoms with Crippen LogP contribution in [0.2, 0.25) is 0 Å². The second kappa shape index (κ2) is 7.29. The molecule has 7 heteroatoms. The lowest BCUT2D eigenvalue weighted by Gasteiger charge is -2.18. The number of esters is 1. The van der Waals surface area contributed by atoms with Gasteiger partial charge in [0.1, 0.15) is 0 Å². The van der Waals surface area contributed by atoms with E-state index < -0.39 is 30.4 Å². The standard InChI is InChI=1S/C10H15F3O4/c1-4-17-9(16-3)6-7(10(11,12)13)5-8(14)15-2/h5,9H,4,6H2,1-3H3/b7-5+. The van der Waals surface area contributed by atoms with E-state index in [2.05, 4.69) is 4.74 Å². The van der Waals surface area contributed by atoms with Gasteiger partial charge in [-0.1, -0.05) is 0 Å². The number of halogens is 3. The largest absolute Gasteiger partial charge is 0.466 e. The minimum atomic E-state index is -4.62. The van der Waals surface area contributed by atoms with Crippen LogP contribution in [0.5, 0.6) is 0 Å². The maximum absolute atomic E-state index is 12.6. The van der Waals surface area contributed by atoms with Gasteiger partial charge < -0.3 is 14.2 Å². The average molecular weight is 256 g/mol. The molecule has 0 spiro atoms. The average Bonchev–Trinajstić information content (AvgIpc) is 2.25. The molecule has 0 aliphatic rings. The Morgan fingerprint density at radius 2 is 1.94 bits per heavy atom. The van der Waals surface area contributed by atoms with Crippen molar-refractivity contribution in [1.29, 1.82) is 0 Å². The molecule has 100 valence electrons. The fourth-order valence-corrected chi connectivity index (χ4v) is 1.03. The molecule has 0 aliphatic carbocycles. The van der Waals surface area contributed by atoms with Gasteiger partial charge in [-0.15, -0.1) is 0 Å². The van der Waals surface area contributed by atoms with Crippen LogP contribution in [0, 0.1) is 0 Å². The van der Waals surface area contributed by atoms with Crippen molar-refractivity contribution < 1.29 is 32.2 Å². The first-order valence-corrected chi connectivity index (χ1v) is 4.85. The molecule has 0 fully saturated rings. The summed E-state index contributed by atoms with van der Waals surface area (Å²) < 4.78 is 51.5. The van der Waals surface area contributed by atoms with E-state index in [1.165, 1.54) is 7.11 Å². The van der Waals surface area contributed by atoms with Crippen LogP contribution < -0.4 is 0 Å². The van der Waals surface area contributed by atoms with Gasteiger partial charge in [-0.3, -0.25) is 0 Å². The molecule has 0 N–H and O–H groups in total. The third-order valence-corrected chi connectivity index (χ3v) is 1.86. The lowest BCUT2D eigenvalue weighted by Crippen LogP contribution is -2.23. The molecule has 0 bridgehead atoms. The smallest absolute Gasteiger partial charge is 0.413 e. The van der Waals surface area contributed by atoms with Crippen LogP contribution in [-0.2, 0) is 19.0 Å². The third kappa shape index (κ3) is 6.28. The summed E-state index contributed by atoms with van der Waals surface area (Å²) >= 11 is 0. The molecule has 0 amide bonds. The molecule has 0 saturated carbocycles. The van der Waals surface area contributed by atoms with E-state index >= 15 is 0 Å². The Hall–Kier alpha value is -1.08.